The molecule has 0 aliphatic rings. The maximum atomic E-state index is 4.51. The predicted molar refractivity (Wildman–Crippen MR) is 91.1 cm³/mol. The van der Waals surface area contributed by atoms with Gasteiger partial charge in [0.15, 0.2) is 0 Å². The second-order valence-corrected chi connectivity index (χ2v) is 6.93. The predicted octanol–water partition coefficient (Wildman–Crippen LogP) is 4.65. The molecule has 0 radical (unpaired) electrons. The second kappa shape index (κ2) is 8.32. The van der Waals surface area contributed by atoms with Crippen LogP contribution in [0.25, 0.3) is 11.4 Å². The van der Waals surface area contributed by atoms with E-state index in [1.165, 1.54) is 11.1 Å². The zero-order valence-electron chi connectivity index (χ0n) is 12.0. The maximum absolute atomic E-state index is 4.51. The molecule has 0 spiro atoms. The fourth-order valence-corrected chi connectivity index (χ4v) is 2.98. The van der Waals surface area contributed by atoms with Gasteiger partial charge in [-0.1, -0.05) is 26.0 Å². The van der Waals surface area contributed by atoms with Gasteiger partial charge in [0, 0.05) is 23.9 Å². The molecule has 2 heterocycles. The Morgan fingerprint density at radius 2 is 1.20 bits per heavy atom. The van der Waals surface area contributed by atoms with Gasteiger partial charge in [0.1, 0.15) is 0 Å². The van der Waals surface area contributed by atoms with E-state index in [1.54, 1.807) is 0 Å². The van der Waals surface area contributed by atoms with E-state index in [2.05, 4.69) is 48.1 Å². The topological polar surface area (TPSA) is 25.8 Å². The number of hydrogen-bond acceptors (Lipinski definition) is 4. The van der Waals surface area contributed by atoms with Crippen LogP contribution in [0, 0.1) is 0 Å². The van der Waals surface area contributed by atoms with Crippen molar-refractivity contribution in [1.82, 2.24) is 9.97 Å². The fraction of sp³-hybridized carbons (Fsp3) is 0.375. The largest absolute Gasteiger partial charge is 0.254 e. The summed E-state index contributed by atoms with van der Waals surface area (Å²) in [6.45, 7) is 4.35. The summed E-state index contributed by atoms with van der Waals surface area (Å²) in [5.74, 6) is 4.34. The van der Waals surface area contributed by atoms with E-state index in [1.807, 2.05) is 35.9 Å². The van der Waals surface area contributed by atoms with Crippen molar-refractivity contribution >= 4 is 23.5 Å². The Kier molecular flexibility index (Phi) is 6.40. The molecule has 0 fully saturated rings. The molecule has 106 valence electrons. The molecule has 0 atom stereocenters. The second-order valence-electron chi connectivity index (χ2n) is 4.38. The van der Waals surface area contributed by atoms with Crippen LogP contribution in [-0.4, -0.2) is 21.5 Å². The van der Waals surface area contributed by atoms with Crippen molar-refractivity contribution in [3.05, 3.63) is 47.8 Å². The summed E-state index contributed by atoms with van der Waals surface area (Å²) < 4.78 is 0. The number of thioether (sulfide) groups is 2. The van der Waals surface area contributed by atoms with Crippen LogP contribution in [0.2, 0.25) is 0 Å². The first-order valence-electron chi connectivity index (χ1n) is 6.89. The van der Waals surface area contributed by atoms with Crippen molar-refractivity contribution < 1.29 is 0 Å². The molecule has 0 N–H and O–H groups in total. The molecule has 2 nitrogen and oxygen atoms in total. The van der Waals surface area contributed by atoms with Crippen molar-refractivity contribution in [3.63, 3.8) is 0 Å². The van der Waals surface area contributed by atoms with Crippen LogP contribution in [0.5, 0.6) is 0 Å². The van der Waals surface area contributed by atoms with Gasteiger partial charge in [-0.15, -0.1) is 0 Å². The number of nitrogens with zero attached hydrogens (tertiary/aromatic N) is 2. The number of pyridine rings is 2. The Bertz CT molecular complexity index is 460. The highest BCUT2D eigenvalue weighted by atomic mass is 32.2. The molecule has 2 aromatic rings. The molecule has 2 aromatic heterocycles. The van der Waals surface area contributed by atoms with Crippen molar-refractivity contribution in [3.8, 4) is 11.4 Å². The lowest BCUT2D eigenvalue weighted by molar-refractivity contribution is 1.19. The summed E-state index contributed by atoms with van der Waals surface area (Å²) in [5, 5.41) is 0. The van der Waals surface area contributed by atoms with Crippen LogP contribution in [0.15, 0.2) is 36.7 Å². The van der Waals surface area contributed by atoms with E-state index in [4.69, 9.17) is 0 Å². The quantitative estimate of drug-likeness (QED) is 0.743. The molecule has 0 aliphatic heterocycles. The molecular weight excluding hydrogens is 284 g/mol. The lowest BCUT2D eigenvalue weighted by atomic mass is 10.2. The average Bonchev–Trinajstić information content (AvgIpc) is 2.52. The summed E-state index contributed by atoms with van der Waals surface area (Å²) in [6, 6.07) is 8.42. The van der Waals surface area contributed by atoms with Crippen molar-refractivity contribution in [2.75, 3.05) is 11.5 Å². The van der Waals surface area contributed by atoms with Crippen LogP contribution in [0.1, 0.15) is 25.0 Å². The third-order valence-electron chi connectivity index (χ3n) is 2.86. The molecule has 0 aromatic carbocycles. The fourth-order valence-electron chi connectivity index (χ4n) is 1.76. The van der Waals surface area contributed by atoms with Crippen LogP contribution in [0.4, 0.5) is 0 Å². The number of hydrogen-bond donors (Lipinski definition) is 0. The first-order valence-corrected chi connectivity index (χ1v) is 9.20. The average molecular weight is 304 g/mol. The van der Waals surface area contributed by atoms with Gasteiger partial charge in [-0.25, -0.2) is 0 Å². The molecular formula is C16H20N2S2. The number of rotatable bonds is 7. The van der Waals surface area contributed by atoms with Crippen molar-refractivity contribution in [2.45, 2.75) is 25.4 Å². The van der Waals surface area contributed by atoms with Crippen LogP contribution >= 0.6 is 23.5 Å². The number of aromatic nitrogens is 2. The Balaban J connectivity index is 2.03. The van der Waals surface area contributed by atoms with Crippen LogP contribution < -0.4 is 0 Å². The van der Waals surface area contributed by atoms with Gasteiger partial charge in [0.25, 0.3) is 0 Å². The highest BCUT2D eigenvalue weighted by Gasteiger charge is 2.02. The van der Waals surface area contributed by atoms with Crippen LogP contribution in [0.3, 0.4) is 0 Å². The van der Waals surface area contributed by atoms with Gasteiger partial charge in [0.2, 0.25) is 0 Å². The molecule has 0 amide bonds. The SMILES string of the molecule is CCSCc1ccc(-c2ccc(CSCC)cn2)nc1. The third kappa shape index (κ3) is 4.53. The minimum atomic E-state index is 0.949. The van der Waals surface area contributed by atoms with Crippen LogP contribution in [-0.2, 0) is 11.5 Å². The van der Waals surface area contributed by atoms with E-state index in [0.29, 0.717) is 0 Å². The van der Waals surface area contributed by atoms with E-state index in [0.717, 1.165) is 34.4 Å². The summed E-state index contributed by atoms with van der Waals surface area (Å²) in [7, 11) is 0. The van der Waals surface area contributed by atoms with Gasteiger partial charge < -0.3 is 0 Å². The first-order chi connectivity index (χ1) is 9.83. The molecule has 0 saturated heterocycles. The van der Waals surface area contributed by atoms with Gasteiger partial charge in [0.05, 0.1) is 11.4 Å². The lowest BCUT2D eigenvalue weighted by Gasteiger charge is -2.04. The minimum absolute atomic E-state index is 0.949. The van der Waals surface area contributed by atoms with E-state index < -0.39 is 0 Å². The summed E-state index contributed by atoms with van der Waals surface area (Å²) >= 11 is 3.83. The monoisotopic (exact) mass is 304 g/mol. The molecule has 0 unspecified atom stereocenters. The zero-order chi connectivity index (χ0) is 14.2. The van der Waals surface area contributed by atoms with Gasteiger partial charge in [-0.2, -0.15) is 23.5 Å². The standard InChI is InChI=1S/C16H20N2S2/c1-3-19-11-13-5-7-15(17-9-13)16-8-6-14(10-18-16)12-20-4-2/h5-10H,3-4,11-12H2,1-2H3. The molecule has 2 rings (SSSR count). The van der Waals surface area contributed by atoms with Gasteiger partial charge in [-0.05, 0) is 34.8 Å². The third-order valence-corrected chi connectivity index (χ3v) is 4.75. The van der Waals surface area contributed by atoms with E-state index >= 15 is 0 Å². The lowest BCUT2D eigenvalue weighted by Crippen LogP contribution is -1.91. The Labute approximate surface area is 129 Å². The smallest absolute Gasteiger partial charge is 0.0886 e. The summed E-state index contributed by atoms with van der Waals surface area (Å²) in [6.07, 6.45) is 3.92. The Morgan fingerprint density at radius 1 is 0.750 bits per heavy atom. The summed E-state index contributed by atoms with van der Waals surface area (Å²) in [5.41, 5.74) is 4.45. The first kappa shape index (κ1) is 15.4. The Morgan fingerprint density at radius 3 is 1.50 bits per heavy atom. The molecule has 4 heteroatoms. The van der Waals surface area contributed by atoms with Gasteiger partial charge in [-0.3, -0.25) is 9.97 Å². The molecule has 0 aliphatic carbocycles. The maximum Gasteiger partial charge on any atom is 0.0886 e. The molecule has 20 heavy (non-hydrogen) atoms. The van der Waals surface area contributed by atoms with E-state index in [-0.39, 0.29) is 0 Å². The highest BCUT2D eigenvalue weighted by molar-refractivity contribution is 7.98. The molecule has 0 saturated carbocycles. The minimum Gasteiger partial charge on any atom is -0.254 e. The normalized spacial score (nSPS) is 10.7. The highest BCUT2D eigenvalue weighted by Crippen LogP contribution is 2.18. The zero-order valence-corrected chi connectivity index (χ0v) is 13.6. The van der Waals surface area contributed by atoms with Crippen molar-refractivity contribution in [2.24, 2.45) is 0 Å². The molecule has 0 bridgehead atoms. The van der Waals surface area contributed by atoms with E-state index in [9.17, 15) is 0 Å². The van der Waals surface area contributed by atoms with Gasteiger partial charge >= 0.3 is 0 Å². The van der Waals surface area contributed by atoms with Crippen molar-refractivity contribution in [1.29, 1.82) is 0 Å². The summed E-state index contributed by atoms with van der Waals surface area (Å²) in [4.78, 5) is 9.03. The Hall–Kier alpha value is -1.00.